The Morgan fingerprint density at radius 2 is 2.23 bits per heavy atom. The van der Waals surface area contributed by atoms with Gasteiger partial charge in [-0.25, -0.2) is 9.18 Å². The highest BCUT2D eigenvalue weighted by Crippen LogP contribution is 2.20. The number of carboxylic acid groups (broad SMARTS) is 1. The zero-order valence-corrected chi connectivity index (χ0v) is 7.80. The maximum Gasteiger partial charge on any atom is 0.338 e. The van der Waals surface area contributed by atoms with Crippen LogP contribution >= 0.6 is 15.9 Å². The van der Waals surface area contributed by atoms with Gasteiger partial charge in [-0.15, -0.1) is 0 Å². The molecule has 66 valence electrons. The molecule has 0 aromatic heterocycles. The zero-order chi connectivity index (χ0) is 10.0. The van der Waals surface area contributed by atoms with Crippen LogP contribution in [0.25, 0.3) is 0 Å². The predicted octanol–water partition coefficient (Wildman–Crippen LogP) is 2.16. The molecule has 0 radical (unpaired) electrons. The molecule has 0 amide bonds. The van der Waals surface area contributed by atoms with E-state index in [0.717, 1.165) is 12.1 Å². The Morgan fingerprint density at radius 1 is 1.62 bits per heavy atom. The highest BCUT2D eigenvalue weighted by Gasteiger charge is 2.13. The van der Waals surface area contributed by atoms with Crippen molar-refractivity contribution in [3.05, 3.63) is 33.5 Å². The van der Waals surface area contributed by atoms with E-state index in [-0.39, 0.29) is 10.0 Å². The average Bonchev–Trinajstić information content (AvgIpc) is 2.03. The van der Waals surface area contributed by atoms with Gasteiger partial charge in [-0.1, -0.05) is 0 Å². The molecule has 0 unspecified atom stereocenters. The Labute approximate surface area is 81.5 Å². The third-order valence-electron chi connectivity index (χ3n) is 1.41. The molecule has 0 aliphatic rings. The van der Waals surface area contributed by atoms with E-state index < -0.39 is 17.3 Å². The van der Waals surface area contributed by atoms with Crippen molar-refractivity contribution in [1.29, 1.82) is 5.26 Å². The first kappa shape index (κ1) is 9.68. The van der Waals surface area contributed by atoms with Gasteiger partial charge in [0.05, 0.1) is 11.1 Å². The quantitative estimate of drug-likeness (QED) is 0.823. The molecule has 3 nitrogen and oxygen atoms in total. The number of carboxylic acids is 1. The maximum atomic E-state index is 12.9. The molecule has 1 rings (SSSR count). The highest BCUT2D eigenvalue weighted by atomic mass is 79.9. The topological polar surface area (TPSA) is 61.1 Å². The Morgan fingerprint density at radius 3 is 2.69 bits per heavy atom. The van der Waals surface area contributed by atoms with Gasteiger partial charge in [0.15, 0.2) is 0 Å². The van der Waals surface area contributed by atoms with Gasteiger partial charge in [0, 0.05) is 4.47 Å². The minimum Gasteiger partial charge on any atom is -0.478 e. The van der Waals surface area contributed by atoms with Crippen LogP contribution in [0.15, 0.2) is 16.6 Å². The third-order valence-corrected chi connectivity index (χ3v) is 2.06. The molecule has 0 aliphatic heterocycles. The lowest BCUT2D eigenvalue weighted by Gasteiger charge is -1.99. The predicted molar refractivity (Wildman–Crippen MR) is 45.8 cm³/mol. The number of hydrogen-bond acceptors (Lipinski definition) is 2. The second-order valence-corrected chi connectivity index (χ2v) is 3.08. The summed E-state index contributed by atoms with van der Waals surface area (Å²) in [6.07, 6.45) is 0. The molecule has 0 bridgehead atoms. The van der Waals surface area contributed by atoms with Gasteiger partial charge in [0.2, 0.25) is 0 Å². The smallest absolute Gasteiger partial charge is 0.338 e. The summed E-state index contributed by atoms with van der Waals surface area (Å²) in [5.41, 5.74) is -0.404. The lowest BCUT2D eigenvalue weighted by molar-refractivity contribution is 0.0692. The minimum atomic E-state index is -1.39. The van der Waals surface area contributed by atoms with Crippen molar-refractivity contribution in [3.8, 4) is 6.07 Å². The van der Waals surface area contributed by atoms with Crippen molar-refractivity contribution in [2.45, 2.75) is 0 Å². The van der Waals surface area contributed by atoms with Crippen molar-refractivity contribution in [1.82, 2.24) is 0 Å². The van der Waals surface area contributed by atoms with Crippen LogP contribution in [-0.2, 0) is 0 Å². The van der Waals surface area contributed by atoms with Crippen LogP contribution in [0.1, 0.15) is 15.9 Å². The molecule has 1 aromatic carbocycles. The molecule has 1 N–H and O–H groups in total. The first-order chi connectivity index (χ1) is 6.06. The molecular formula is C8H3BrFNO2. The van der Waals surface area contributed by atoms with E-state index in [1.54, 1.807) is 6.07 Å². The SMILES string of the molecule is N#Cc1cc(C(=O)O)c(F)cc1Br. The summed E-state index contributed by atoms with van der Waals surface area (Å²) < 4.78 is 13.1. The van der Waals surface area contributed by atoms with Crippen molar-refractivity contribution >= 4 is 21.9 Å². The van der Waals surface area contributed by atoms with E-state index in [9.17, 15) is 9.18 Å². The summed E-state index contributed by atoms with van der Waals surface area (Å²) in [6.45, 7) is 0. The summed E-state index contributed by atoms with van der Waals surface area (Å²) in [7, 11) is 0. The summed E-state index contributed by atoms with van der Waals surface area (Å²) >= 11 is 2.94. The fourth-order valence-electron chi connectivity index (χ4n) is 0.799. The lowest BCUT2D eigenvalue weighted by Crippen LogP contribution is -2.01. The standard InChI is InChI=1S/C8H3BrFNO2/c9-6-2-7(10)5(8(12)13)1-4(6)3-11/h1-2H,(H,12,13). The number of halogens is 2. The molecule has 0 aliphatic carbocycles. The molecule has 1 aromatic rings. The van der Waals surface area contributed by atoms with E-state index in [4.69, 9.17) is 10.4 Å². The first-order valence-electron chi connectivity index (χ1n) is 3.18. The molecular weight excluding hydrogens is 241 g/mol. The van der Waals surface area contributed by atoms with Crippen LogP contribution in [0.4, 0.5) is 4.39 Å². The summed E-state index contributed by atoms with van der Waals surface area (Å²) in [5.74, 6) is -2.25. The van der Waals surface area contributed by atoms with Gasteiger partial charge in [0.1, 0.15) is 11.9 Å². The van der Waals surface area contributed by atoms with Crippen LogP contribution in [-0.4, -0.2) is 11.1 Å². The minimum absolute atomic E-state index is 0.0961. The van der Waals surface area contributed by atoms with E-state index in [2.05, 4.69) is 15.9 Å². The molecule has 13 heavy (non-hydrogen) atoms. The second kappa shape index (κ2) is 3.54. The van der Waals surface area contributed by atoms with Crippen LogP contribution in [0, 0.1) is 17.1 Å². The highest BCUT2D eigenvalue weighted by molar-refractivity contribution is 9.10. The Kier molecular flexibility index (Phi) is 2.63. The van der Waals surface area contributed by atoms with Crippen molar-refractivity contribution in [2.75, 3.05) is 0 Å². The number of hydrogen-bond donors (Lipinski definition) is 1. The van der Waals surface area contributed by atoms with Crippen molar-refractivity contribution in [3.63, 3.8) is 0 Å². The fourth-order valence-corrected chi connectivity index (χ4v) is 1.20. The maximum absolute atomic E-state index is 12.9. The van der Waals surface area contributed by atoms with Crippen LogP contribution in [0.3, 0.4) is 0 Å². The molecule has 0 spiro atoms. The monoisotopic (exact) mass is 243 g/mol. The van der Waals surface area contributed by atoms with Crippen LogP contribution in [0.5, 0.6) is 0 Å². The van der Waals surface area contributed by atoms with E-state index in [1.165, 1.54) is 0 Å². The number of aromatic carboxylic acids is 1. The molecule has 0 atom stereocenters. The van der Waals surface area contributed by atoms with Crippen LogP contribution < -0.4 is 0 Å². The molecule has 0 saturated heterocycles. The Bertz CT molecular complexity index is 411. The number of rotatable bonds is 1. The number of nitriles is 1. The molecule has 0 saturated carbocycles. The molecule has 5 heteroatoms. The molecule has 0 fully saturated rings. The number of carbonyl (C=O) groups is 1. The normalized spacial score (nSPS) is 9.31. The van der Waals surface area contributed by atoms with E-state index in [1.807, 2.05) is 0 Å². The van der Waals surface area contributed by atoms with Gasteiger partial charge >= 0.3 is 5.97 Å². The zero-order valence-electron chi connectivity index (χ0n) is 6.21. The van der Waals surface area contributed by atoms with E-state index in [0.29, 0.717) is 0 Å². The van der Waals surface area contributed by atoms with Gasteiger partial charge < -0.3 is 5.11 Å². The van der Waals surface area contributed by atoms with Crippen LogP contribution in [0.2, 0.25) is 0 Å². The average molecular weight is 244 g/mol. The second-order valence-electron chi connectivity index (χ2n) is 2.23. The van der Waals surface area contributed by atoms with Crippen molar-refractivity contribution < 1.29 is 14.3 Å². The van der Waals surface area contributed by atoms with Gasteiger partial charge in [0.25, 0.3) is 0 Å². The fraction of sp³-hybridized carbons (Fsp3) is 0. The lowest BCUT2D eigenvalue weighted by atomic mass is 10.1. The van der Waals surface area contributed by atoms with Gasteiger partial charge in [-0.05, 0) is 28.1 Å². The van der Waals surface area contributed by atoms with Gasteiger partial charge in [-0.3, -0.25) is 0 Å². The Balaban J connectivity index is 3.41. The molecule has 0 heterocycles. The summed E-state index contributed by atoms with van der Waals surface area (Å²) in [5, 5.41) is 17.0. The van der Waals surface area contributed by atoms with E-state index >= 15 is 0 Å². The largest absolute Gasteiger partial charge is 0.478 e. The number of benzene rings is 1. The summed E-state index contributed by atoms with van der Waals surface area (Å²) in [4.78, 5) is 10.4. The third kappa shape index (κ3) is 1.84. The Hall–Kier alpha value is -1.41. The summed E-state index contributed by atoms with van der Waals surface area (Å²) in [6, 6.07) is 3.69. The first-order valence-corrected chi connectivity index (χ1v) is 3.98. The van der Waals surface area contributed by atoms with Gasteiger partial charge in [-0.2, -0.15) is 5.26 Å². The number of nitrogens with zero attached hydrogens (tertiary/aromatic N) is 1. The van der Waals surface area contributed by atoms with Crippen molar-refractivity contribution in [2.24, 2.45) is 0 Å².